The first kappa shape index (κ1) is 13.3. The second kappa shape index (κ2) is 5.02. The van der Waals surface area contributed by atoms with Gasteiger partial charge in [0.05, 0.1) is 6.61 Å². The summed E-state index contributed by atoms with van der Waals surface area (Å²) in [5.74, 6) is 0.584. The summed E-state index contributed by atoms with van der Waals surface area (Å²) in [6.45, 7) is 1.14. The molecule has 0 spiro atoms. The summed E-state index contributed by atoms with van der Waals surface area (Å²) in [6.07, 6.45) is -4.31. The first-order chi connectivity index (χ1) is 9.54. The van der Waals surface area contributed by atoms with Crippen molar-refractivity contribution in [1.29, 1.82) is 0 Å². The van der Waals surface area contributed by atoms with Gasteiger partial charge in [-0.15, -0.1) is 5.10 Å². The molecule has 4 nitrogen and oxygen atoms in total. The van der Waals surface area contributed by atoms with E-state index in [9.17, 15) is 13.2 Å². The van der Waals surface area contributed by atoms with E-state index in [4.69, 9.17) is 9.47 Å². The van der Waals surface area contributed by atoms with Crippen LogP contribution in [0.5, 0.6) is 5.75 Å². The molecule has 3 rings (SSSR count). The summed E-state index contributed by atoms with van der Waals surface area (Å²) < 4.78 is 52.1. The zero-order chi connectivity index (χ0) is 14.2. The Morgan fingerprint density at radius 1 is 1.30 bits per heavy atom. The molecule has 1 atom stereocenters. The van der Waals surface area contributed by atoms with Crippen LogP contribution < -0.4 is 4.74 Å². The van der Waals surface area contributed by atoms with Crippen LogP contribution in [0.15, 0.2) is 24.3 Å². The topological polar surface area (TPSA) is 47.5 Å². The maximum absolute atomic E-state index is 12.8. The second-order valence-electron chi connectivity index (χ2n) is 4.24. The molecule has 0 radical (unpaired) electrons. The number of halogens is 3. The number of hydrogen-bond donors (Lipinski definition) is 0. The molecule has 0 saturated carbocycles. The summed E-state index contributed by atoms with van der Waals surface area (Å²) >= 11 is 0.344. The zero-order valence-electron chi connectivity index (χ0n) is 10.1. The van der Waals surface area contributed by atoms with Crippen molar-refractivity contribution in [3.63, 3.8) is 0 Å². The molecule has 8 heteroatoms. The SMILES string of the molecule is FC(F)(F)c1snnc1-c1ccc(OCC2CO2)cc1. The van der Waals surface area contributed by atoms with Crippen molar-refractivity contribution in [1.82, 2.24) is 9.59 Å². The molecule has 1 aliphatic heterocycles. The highest BCUT2D eigenvalue weighted by Gasteiger charge is 2.37. The maximum Gasteiger partial charge on any atom is 0.429 e. The van der Waals surface area contributed by atoms with Crippen molar-refractivity contribution in [2.45, 2.75) is 12.3 Å². The monoisotopic (exact) mass is 302 g/mol. The van der Waals surface area contributed by atoms with E-state index in [2.05, 4.69) is 9.59 Å². The quantitative estimate of drug-likeness (QED) is 0.815. The van der Waals surface area contributed by atoms with Gasteiger partial charge in [-0.1, -0.05) is 4.49 Å². The smallest absolute Gasteiger partial charge is 0.429 e. The van der Waals surface area contributed by atoms with Gasteiger partial charge < -0.3 is 9.47 Å². The third kappa shape index (κ3) is 2.91. The minimum Gasteiger partial charge on any atom is -0.491 e. The van der Waals surface area contributed by atoms with E-state index in [1.165, 1.54) is 12.1 Å². The van der Waals surface area contributed by atoms with Gasteiger partial charge in [-0.3, -0.25) is 0 Å². The third-order valence-electron chi connectivity index (χ3n) is 2.71. The Labute approximate surface area is 116 Å². The molecule has 0 amide bonds. The Morgan fingerprint density at radius 3 is 2.60 bits per heavy atom. The van der Waals surface area contributed by atoms with Crippen LogP contribution in [0.3, 0.4) is 0 Å². The number of hydrogen-bond acceptors (Lipinski definition) is 5. The lowest BCUT2D eigenvalue weighted by Crippen LogP contribution is -2.05. The van der Waals surface area contributed by atoms with Gasteiger partial charge in [0.1, 0.15) is 24.2 Å². The van der Waals surface area contributed by atoms with Gasteiger partial charge in [0.2, 0.25) is 0 Å². The van der Waals surface area contributed by atoms with E-state index in [-0.39, 0.29) is 11.8 Å². The number of nitrogens with zero attached hydrogens (tertiary/aromatic N) is 2. The van der Waals surface area contributed by atoms with Crippen LogP contribution >= 0.6 is 11.5 Å². The summed E-state index contributed by atoms with van der Waals surface area (Å²) in [4.78, 5) is -0.794. The van der Waals surface area contributed by atoms with Crippen LogP contribution in [-0.4, -0.2) is 28.9 Å². The van der Waals surface area contributed by atoms with Gasteiger partial charge >= 0.3 is 6.18 Å². The Morgan fingerprint density at radius 2 is 2.00 bits per heavy atom. The lowest BCUT2D eigenvalue weighted by atomic mass is 10.1. The van der Waals surface area contributed by atoms with Crippen molar-refractivity contribution in [3.8, 4) is 17.0 Å². The molecule has 1 aliphatic rings. The van der Waals surface area contributed by atoms with Crippen molar-refractivity contribution in [2.75, 3.05) is 13.2 Å². The minimum atomic E-state index is -4.44. The van der Waals surface area contributed by atoms with Crippen LogP contribution in [-0.2, 0) is 10.9 Å². The van der Waals surface area contributed by atoms with Crippen LogP contribution in [0.25, 0.3) is 11.3 Å². The molecule has 20 heavy (non-hydrogen) atoms. The molecule has 0 aliphatic carbocycles. The van der Waals surface area contributed by atoms with E-state index >= 15 is 0 Å². The fourth-order valence-corrected chi connectivity index (χ4v) is 2.18. The highest BCUT2D eigenvalue weighted by atomic mass is 32.1. The summed E-state index contributed by atoms with van der Waals surface area (Å²) in [7, 11) is 0. The predicted octanol–water partition coefficient (Wildman–Crippen LogP) is 3.00. The summed E-state index contributed by atoms with van der Waals surface area (Å²) in [6, 6.07) is 6.29. The number of epoxide rings is 1. The Balaban J connectivity index is 1.78. The van der Waals surface area contributed by atoms with Crippen molar-refractivity contribution in [3.05, 3.63) is 29.1 Å². The number of benzene rings is 1. The van der Waals surface area contributed by atoms with Gasteiger partial charge in [-0.25, -0.2) is 0 Å². The largest absolute Gasteiger partial charge is 0.491 e. The molecule has 2 heterocycles. The van der Waals surface area contributed by atoms with E-state index in [0.717, 1.165) is 0 Å². The number of rotatable bonds is 4. The van der Waals surface area contributed by atoms with Crippen LogP contribution in [0, 0.1) is 0 Å². The molecule has 0 N–H and O–H groups in total. The van der Waals surface area contributed by atoms with Crippen LogP contribution in [0.1, 0.15) is 4.88 Å². The standard InChI is InChI=1S/C12H9F3N2O2S/c13-12(14,15)11-10(16-17-20-11)7-1-3-8(4-2-7)18-5-9-6-19-9/h1-4,9H,5-6H2. The molecule has 1 aromatic heterocycles. The van der Waals surface area contributed by atoms with Gasteiger partial charge in [-0.2, -0.15) is 13.2 Å². The highest BCUT2D eigenvalue weighted by Crippen LogP contribution is 2.38. The number of alkyl halides is 3. The summed E-state index contributed by atoms with van der Waals surface area (Å²) in [5, 5.41) is 3.55. The Bertz CT molecular complexity index is 593. The Kier molecular flexibility index (Phi) is 3.35. The highest BCUT2D eigenvalue weighted by molar-refractivity contribution is 7.06. The first-order valence-corrected chi connectivity index (χ1v) is 6.56. The maximum atomic E-state index is 12.8. The zero-order valence-corrected chi connectivity index (χ0v) is 10.9. The molecule has 106 valence electrons. The van der Waals surface area contributed by atoms with Gasteiger partial charge in [0, 0.05) is 5.56 Å². The predicted molar refractivity (Wildman–Crippen MR) is 65.6 cm³/mol. The molecule has 1 unspecified atom stereocenters. The normalized spacial score (nSPS) is 18.1. The Hall–Kier alpha value is -1.67. The molecular formula is C12H9F3N2O2S. The average molecular weight is 302 g/mol. The molecule has 1 fully saturated rings. The van der Waals surface area contributed by atoms with E-state index in [0.29, 0.717) is 36.1 Å². The second-order valence-corrected chi connectivity index (χ2v) is 4.99. The summed E-state index contributed by atoms with van der Waals surface area (Å²) in [5.41, 5.74) is 0.209. The molecule has 1 saturated heterocycles. The molecule has 0 bridgehead atoms. The van der Waals surface area contributed by atoms with Gasteiger partial charge in [0.15, 0.2) is 4.88 Å². The van der Waals surface area contributed by atoms with Gasteiger partial charge in [0.25, 0.3) is 0 Å². The van der Waals surface area contributed by atoms with E-state index < -0.39 is 11.1 Å². The fourth-order valence-electron chi connectivity index (χ4n) is 1.63. The minimum absolute atomic E-state index is 0.134. The van der Waals surface area contributed by atoms with Gasteiger partial charge in [-0.05, 0) is 35.8 Å². The van der Waals surface area contributed by atoms with E-state index in [1.807, 2.05) is 0 Å². The van der Waals surface area contributed by atoms with Crippen LogP contribution in [0.4, 0.5) is 13.2 Å². The molecular weight excluding hydrogens is 293 g/mol. The van der Waals surface area contributed by atoms with Crippen molar-refractivity contribution < 1.29 is 22.6 Å². The average Bonchev–Trinajstić information content (AvgIpc) is 3.09. The first-order valence-electron chi connectivity index (χ1n) is 5.78. The van der Waals surface area contributed by atoms with Crippen molar-refractivity contribution >= 4 is 11.5 Å². The lowest BCUT2D eigenvalue weighted by Gasteiger charge is -2.07. The molecule has 2 aromatic rings. The third-order valence-corrected chi connectivity index (χ3v) is 3.48. The lowest BCUT2D eigenvalue weighted by molar-refractivity contribution is -0.134. The molecule has 1 aromatic carbocycles. The number of ether oxygens (including phenoxy) is 2. The van der Waals surface area contributed by atoms with E-state index in [1.54, 1.807) is 12.1 Å². The fraction of sp³-hybridized carbons (Fsp3) is 0.333. The number of aromatic nitrogens is 2. The van der Waals surface area contributed by atoms with Crippen molar-refractivity contribution in [2.24, 2.45) is 0 Å². The van der Waals surface area contributed by atoms with Crippen LogP contribution in [0.2, 0.25) is 0 Å².